The summed E-state index contributed by atoms with van der Waals surface area (Å²) in [6.45, 7) is 1.01. The maximum absolute atomic E-state index is 13.2. The zero-order valence-electron chi connectivity index (χ0n) is 17.3. The minimum Gasteiger partial charge on any atom is -0.339 e. The first-order valence-corrected chi connectivity index (χ1v) is 10.7. The van der Waals surface area contributed by atoms with Crippen LogP contribution in [0.15, 0.2) is 59.6 Å². The van der Waals surface area contributed by atoms with E-state index in [9.17, 15) is 4.79 Å². The van der Waals surface area contributed by atoms with Crippen LogP contribution in [0.3, 0.4) is 0 Å². The Labute approximate surface area is 183 Å². The van der Waals surface area contributed by atoms with Crippen LogP contribution in [0.4, 0.5) is 0 Å². The van der Waals surface area contributed by atoms with Crippen LogP contribution in [-0.4, -0.2) is 54.2 Å². The van der Waals surface area contributed by atoms with E-state index in [-0.39, 0.29) is 17.7 Å². The summed E-state index contributed by atoms with van der Waals surface area (Å²) in [4.78, 5) is 28.0. The number of amides is 1. The zero-order valence-corrected chi connectivity index (χ0v) is 17.3. The first-order chi connectivity index (χ1) is 15.8. The number of nitrogens with zero attached hydrogens (tertiary/aromatic N) is 6. The molecular weight excluding hydrogens is 406 g/mol. The van der Waals surface area contributed by atoms with Crippen LogP contribution >= 0.6 is 0 Å². The Morgan fingerprint density at radius 1 is 1.06 bits per heavy atom. The van der Waals surface area contributed by atoms with Gasteiger partial charge in [0.1, 0.15) is 5.69 Å². The van der Waals surface area contributed by atoms with Gasteiger partial charge in [-0.25, -0.2) is 0 Å². The van der Waals surface area contributed by atoms with E-state index in [2.05, 4.69) is 30.3 Å². The molecule has 5 heterocycles. The molecule has 1 aliphatic heterocycles. The van der Waals surface area contributed by atoms with Gasteiger partial charge in [0.15, 0.2) is 0 Å². The van der Waals surface area contributed by atoms with Gasteiger partial charge in [0.25, 0.3) is 5.91 Å². The lowest BCUT2D eigenvalue weighted by molar-refractivity contribution is 0.0782. The number of pyridine rings is 2. The summed E-state index contributed by atoms with van der Waals surface area (Å²) in [5, 5.41) is 11.5. The number of nitrogens with one attached hydrogen (secondary N) is 1. The van der Waals surface area contributed by atoms with Crippen LogP contribution in [0.25, 0.3) is 11.4 Å². The summed E-state index contributed by atoms with van der Waals surface area (Å²) in [6, 6.07) is 9.50. The van der Waals surface area contributed by atoms with Crippen molar-refractivity contribution in [3.05, 3.63) is 78.0 Å². The third-order valence-corrected chi connectivity index (χ3v) is 6.25. The lowest BCUT2D eigenvalue weighted by Gasteiger charge is -2.15. The van der Waals surface area contributed by atoms with Gasteiger partial charge in [-0.2, -0.15) is 10.1 Å². The molecule has 1 saturated carbocycles. The van der Waals surface area contributed by atoms with Gasteiger partial charge in [0, 0.05) is 61.0 Å². The van der Waals surface area contributed by atoms with Crippen LogP contribution < -0.4 is 0 Å². The molecule has 4 aromatic heterocycles. The molecule has 2 atom stereocenters. The summed E-state index contributed by atoms with van der Waals surface area (Å²) in [5.74, 6) is 1.33. The first-order valence-electron chi connectivity index (χ1n) is 10.7. The molecule has 1 N–H and O–H groups in total. The van der Waals surface area contributed by atoms with Gasteiger partial charge >= 0.3 is 0 Å². The van der Waals surface area contributed by atoms with Crippen molar-refractivity contribution in [2.24, 2.45) is 0 Å². The number of rotatable bonds is 5. The van der Waals surface area contributed by atoms with Gasteiger partial charge in [-0.3, -0.25) is 19.9 Å². The highest BCUT2D eigenvalue weighted by molar-refractivity contribution is 5.92. The molecule has 160 valence electrons. The van der Waals surface area contributed by atoms with E-state index in [1.54, 1.807) is 18.6 Å². The summed E-state index contributed by atoms with van der Waals surface area (Å²) in [6.07, 6.45) is 9.28. The lowest BCUT2D eigenvalue weighted by atomic mass is 9.90. The minimum atomic E-state index is -0.131. The fourth-order valence-corrected chi connectivity index (χ4v) is 4.37. The fraction of sp³-hybridized carbons (Fsp3) is 0.304. The second kappa shape index (κ2) is 7.67. The maximum Gasteiger partial charge on any atom is 0.274 e. The van der Waals surface area contributed by atoms with Crippen molar-refractivity contribution >= 4 is 5.91 Å². The second-order valence-corrected chi connectivity index (χ2v) is 8.38. The van der Waals surface area contributed by atoms with Gasteiger partial charge in [0.2, 0.25) is 11.7 Å². The van der Waals surface area contributed by atoms with Crippen LogP contribution in [0.5, 0.6) is 0 Å². The number of hydrogen-bond acceptors (Lipinski definition) is 7. The molecule has 0 unspecified atom stereocenters. The highest BCUT2D eigenvalue weighted by Crippen LogP contribution is 2.41. The summed E-state index contributed by atoms with van der Waals surface area (Å²) in [7, 11) is 0. The number of H-pyrrole nitrogens is 1. The molecule has 0 bridgehead atoms. The van der Waals surface area contributed by atoms with Crippen molar-refractivity contribution in [3.63, 3.8) is 0 Å². The molecule has 9 heteroatoms. The highest BCUT2D eigenvalue weighted by Gasteiger charge is 2.41. The van der Waals surface area contributed by atoms with E-state index in [4.69, 9.17) is 4.52 Å². The average molecular weight is 427 g/mol. The molecule has 32 heavy (non-hydrogen) atoms. The van der Waals surface area contributed by atoms with Gasteiger partial charge in [-0.05, 0) is 42.7 Å². The van der Waals surface area contributed by atoms with Crippen molar-refractivity contribution < 1.29 is 9.32 Å². The number of carbonyl (C=O) groups is 1. The third-order valence-electron chi connectivity index (χ3n) is 6.25. The maximum atomic E-state index is 13.2. The largest absolute Gasteiger partial charge is 0.339 e. The van der Waals surface area contributed by atoms with Crippen molar-refractivity contribution in [3.8, 4) is 11.4 Å². The Bertz CT molecular complexity index is 1230. The van der Waals surface area contributed by atoms with Crippen LogP contribution in [-0.2, 0) is 0 Å². The van der Waals surface area contributed by atoms with E-state index in [1.165, 1.54) is 0 Å². The zero-order chi connectivity index (χ0) is 21.5. The summed E-state index contributed by atoms with van der Waals surface area (Å²) >= 11 is 0. The third kappa shape index (κ3) is 3.45. The van der Waals surface area contributed by atoms with E-state index in [1.807, 2.05) is 41.4 Å². The Hall–Kier alpha value is -3.88. The molecule has 6 rings (SSSR count). The Balaban J connectivity index is 1.30. The quantitative estimate of drug-likeness (QED) is 0.520. The molecule has 1 saturated heterocycles. The van der Waals surface area contributed by atoms with Crippen LogP contribution in [0.2, 0.25) is 0 Å². The number of hydrogen-bond donors (Lipinski definition) is 1. The molecule has 0 spiro atoms. The first kappa shape index (κ1) is 18.9. The predicted molar refractivity (Wildman–Crippen MR) is 114 cm³/mol. The molecule has 2 fully saturated rings. The standard InChI is InChI=1S/C23H21N7O2/c31-23(20-10-19(27-28-20)14-3-4-14)30-12-17(16-2-1-7-25-11-16)18(13-30)22-26-21(29-32-22)15-5-8-24-9-6-15/h1-2,5-11,14,17-18H,3-4,12-13H2,(H,27,28)/t17-,18+/m0/s1. The molecule has 0 radical (unpaired) electrons. The molecule has 0 aromatic carbocycles. The lowest BCUT2D eigenvalue weighted by Crippen LogP contribution is -2.29. The summed E-state index contributed by atoms with van der Waals surface area (Å²) in [5.41, 5.74) is 3.38. The molecule has 1 aliphatic carbocycles. The molecule has 4 aromatic rings. The molecule has 2 aliphatic rings. The molecular formula is C23H21N7O2. The van der Waals surface area contributed by atoms with Crippen molar-refractivity contribution in [1.29, 1.82) is 0 Å². The van der Waals surface area contributed by atoms with Gasteiger partial charge in [-0.1, -0.05) is 11.2 Å². The van der Waals surface area contributed by atoms with Crippen molar-refractivity contribution in [2.75, 3.05) is 13.1 Å². The Morgan fingerprint density at radius 3 is 2.69 bits per heavy atom. The second-order valence-electron chi connectivity index (χ2n) is 8.38. The number of aromatic amines is 1. The average Bonchev–Trinajstić information content (AvgIpc) is 3.24. The SMILES string of the molecule is O=C(c1cc(C2CC2)[nH]n1)N1C[C@@H](c2cccnc2)[C@H](c2nc(-c3ccncc3)no2)C1. The smallest absolute Gasteiger partial charge is 0.274 e. The molecule has 1 amide bonds. The Morgan fingerprint density at radius 2 is 1.91 bits per heavy atom. The van der Waals surface area contributed by atoms with Gasteiger partial charge in [0.05, 0.1) is 5.92 Å². The van der Waals surface area contributed by atoms with Crippen LogP contribution in [0, 0.1) is 0 Å². The van der Waals surface area contributed by atoms with Crippen molar-refractivity contribution in [2.45, 2.75) is 30.6 Å². The number of carbonyl (C=O) groups excluding carboxylic acids is 1. The van der Waals surface area contributed by atoms with E-state index >= 15 is 0 Å². The number of aromatic nitrogens is 6. The van der Waals surface area contributed by atoms with E-state index in [0.717, 1.165) is 29.7 Å². The Kier molecular flexibility index (Phi) is 4.52. The fourth-order valence-electron chi connectivity index (χ4n) is 4.37. The van der Waals surface area contributed by atoms with E-state index < -0.39 is 0 Å². The number of likely N-dealkylation sites (tertiary alicyclic amines) is 1. The van der Waals surface area contributed by atoms with Gasteiger partial charge in [-0.15, -0.1) is 0 Å². The topological polar surface area (TPSA) is 114 Å². The van der Waals surface area contributed by atoms with Gasteiger partial charge < -0.3 is 9.42 Å². The predicted octanol–water partition coefficient (Wildman–Crippen LogP) is 3.15. The normalized spacial score (nSPS) is 20.6. The highest BCUT2D eigenvalue weighted by atomic mass is 16.5. The minimum absolute atomic E-state index is 0.000217. The van der Waals surface area contributed by atoms with E-state index in [0.29, 0.717) is 36.4 Å². The van der Waals surface area contributed by atoms with Crippen LogP contribution in [0.1, 0.15) is 58.2 Å². The molecule has 9 nitrogen and oxygen atoms in total. The monoisotopic (exact) mass is 427 g/mol. The van der Waals surface area contributed by atoms with Crippen molar-refractivity contribution in [1.82, 2.24) is 35.2 Å². The summed E-state index contributed by atoms with van der Waals surface area (Å²) < 4.78 is 5.67.